The summed E-state index contributed by atoms with van der Waals surface area (Å²) < 4.78 is 0. The first kappa shape index (κ1) is 16.0. The second-order valence-corrected chi connectivity index (χ2v) is 6.03. The molecule has 2 aliphatic rings. The van der Waals surface area contributed by atoms with Crippen molar-refractivity contribution in [1.29, 1.82) is 0 Å². The Morgan fingerprint density at radius 3 is 1.88 bits per heavy atom. The second-order valence-electron chi connectivity index (χ2n) is 6.03. The number of allylic oxidation sites excluding steroid dienone is 2. The molecule has 0 aromatic heterocycles. The van der Waals surface area contributed by atoms with E-state index >= 15 is 0 Å². The van der Waals surface area contributed by atoms with Gasteiger partial charge in [0.2, 0.25) is 5.78 Å². The molecular formula is C20H14N2O4. The van der Waals surface area contributed by atoms with Crippen LogP contribution >= 0.6 is 0 Å². The number of benzene rings is 2. The van der Waals surface area contributed by atoms with Crippen LogP contribution in [0, 0.1) is 0 Å². The molecule has 2 amide bonds. The maximum Gasteiger partial charge on any atom is 0.261 e. The fourth-order valence-electron chi connectivity index (χ4n) is 3.19. The topological polar surface area (TPSA) is 83.6 Å². The zero-order valence-electron chi connectivity index (χ0n) is 13.7. The molecule has 0 bridgehead atoms. The maximum absolute atomic E-state index is 12.5. The highest BCUT2D eigenvalue weighted by Crippen LogP contribution is 2.22. The summed E-state index contributed by atoms with van der Waals surface area (Å²) in [6.45, 7) is 0.283. The third-order valence-electron chi connectivity index (χ3n) is 4.49. The van der Waals surface area contributed by atoms with Gasteiger partial charge < -0.3 is 5.32 Å². The summed E-state index contributed by atoms with van der Waals surface area (Å²) in [4.78, 5) is 50.4. The number of nitrogens with one attached hydrogen (secondary N) is 1. The van der Waals surface area contributed by atoms with Gasteiger partial charge in [-0.1, -0.05) is 36.4 Å². The largest absolute Gasteiger partial charge is 0.380 e. The van der Waals surface area contributed by atoms with Crippen LogP contribution in [-0.4, -0.2) is 41.4 Å². The van der Waals surface area contributed by atoms with Gasteiger partial charge in [0, 0.05) is 30.3 Å². The van der Waals surface area contributed by atoms with E-state index in [0.717, 1.165) is 4.90 Å². The highest BCUT2D eigenvalue weighted by Gasteiger charge is 2.34. The molecule has 0 saturated heterocycles. The summed E-state index contributed by atoms with van der Waals surface area (Å²) in [5.41, 5.74) is 1.67. The number of Topliss-reactive ketones (excluding diaryl/α,β-unsaturated/α-hetero) is 1. The van der Waals surface area contributed by atoms with Crippen molar-refractivity contribution < 1.29 is 19.2 Å². The van der Waals surface area contributed by atoms with E-state index < -0.39 is 0 Å². The molecule has 0 saturated carbocycles. The molecule has 6 nitrogen and oxygen atoms in total. The smallest absolute Gasteiger partial charge is 0.261 e. The number of amides is 2. The van der Waals surface area contributed by atoms with Crippen LogP contribution in [0.4, 0.5) is 0 Å². The predicted molar refractivity (Wildman–Crippen MR) is 93.0 cm³/mol. The van der Waals surface area contributed by atoms with Gasteiger partial charge in [-0.3, -0.25) is 24.1 Å². The van der Waals surface area contributed by atoms with Gasteiger partial charge in [0.25, 0.3) is 11.8 Å². The van der Waals surface area contributed by atoms with E-state index in [1.54, 1.807) is 48.5 Å². The van der Waals surface area contributed by atoms with Crippen LogP contribution in [0.25, 0.3) is 0 Å². The number of ketones is 2. The molecule has 1 N–H and O–H groups in total. The Hall–Kier alpha value is -3.54. The van der Waals surface area contributed by atoms with E-state index in [2.05, 4.69) is 5.32 Å². The average Bonchev–Trinajstić information content (AvgIpc) is 2.91. The van der Waals surface area contributed by atoms with Crippen molar-refractivity contribution in [2.24, 2.45) is 0 Å². The molecule has 4 rings (SSSR count). The molecule has 0 radical (unpaired) electrons. The molecule has 128 valence electrons. The van der Waals surface area contributed by atoms with Crippen molar-refractivity contribution in [2.45, 2.75) is 0 Å². The van der Waals surface area contributed by atoms with Crippen LogP contribution < -0.4 is 5.32 Å². The van der Waals surface area contributed by atoms with Crippen molar-refractivity contribution in [3.8, 4) is 0 Å². The molecule has 0 unspecified atom stereocenters. The van der Waals surface area contributed by atoms with Gasteiger partial charge in [0.1, 0.15) is 0 Å². The quantitative estimate of drug-likeness (QED) is 0.854. The second kappa shape index (κ2) is 6.07. The summed E-state index contributed by atoms with van der Waals surface area (Å²) in [7, 11) is 0. The van der Waals surface area contributed by atoms with Gasteiger partial charge in [-0.2, -0.15) is 0 Å². The van der Waals surface area contributed by atoms with Crippen molar-refractivity contribution in [3.05, 3.63) is 82.6 Å². The molecule has 0 atom stereocenters. The number of carbonyl (C=O) groups is 4. The summed E-state index contributed by atoms with van der Waals surface area (Å²) >= 11 is 0. The molecule has 1 aliphatic heterocycles. The van der Waals surface area contributed by atoms with Crippen LogP contribution in [0.2, 0.25) is 0 Å². The Kier molecular flexibility index (Phi) is 3.73. The normalized spacial score (nSPS) is 15.7. The Morgan fingerprint density at radius 2 is 1.27 bits per heavy atom. The van der Waals surface area contributed by atoms with Crippen LogP contribution in [0.1, 0.15) is 41.4 Å². The molecule has 1 aliphatic carbocycles. The summed E-state index contributed by atoms with van der Waals surface area (Å²) in [6.07, 6.45) is 1.26. The van der Waals surface area contributed by atoms with E-state index in [9.17, 15) is 19.2 Å². The average molecular weight is 346 g/mol. The first-order valence-corrected chi connectivity index (χ1v) is 8.17. The van der Waals surface area contributed by atoms with E-state index in [-0.39, 0.29) is 42.2 Å². The molecule has 2 aromatic carbocycles. The molecule has 0 fully saturated rings. The molecule has 2 aromatic rings. The van der Waals surface area contributed by atoms with Gasteiger partial charge in [0.05, 0.1) is 16.8 Å². The monoisotopic (exact) mass is 346 g/mol. The number of carbonyl (C=O) groups excluding carboxylic acids is 4. The lowest BCUT2D eigenvalue weighted by Crippen LogP contribution is -2.37. The van der Waals surface area contributed by atoms with Gasteiger partial charge >= 0.3 is 0 Å². The van der Waals surface area contributed by atoms with Crippen LogP contribution in [0.3, 0.4) is 0 Å². The maximum atomic E-state index is 12.5. The Bertz CT molecular complexity index is 971. The summed E-state index contributed by atoms with van der Waals surface area (Å²) in [5, 5.41) is 2.88. The standard InChI is InChI=1S/C20H14N2O4/c23-17-11-16(18(24)13-6-2-1-5-12(13)17)21-9-10-22-19(25)14-7-3-4-8-15(14)20(22)26/h1-8,11,21H,9-10H2. The van der Waals surface area contributed by atoms with Gasteiger partial charge in [0.15, 0.2) is 5.78 Å². The van der Waals surface area contributed by atoms with E-state index in [1.807, 2.05) is 0 Å². The number of hydrogen-bond donors (Lipinski definition) is 1. The number of imide groups is 1. The minimum atomic E-state index is -0.349. The third-order valence-corrected chi connectivity index (χ3v) is 4.49. The first-order chi connectivity index (χ1) is 12.6. The number of hydrogen-bond acceptors (Lipinski definition) is 5. The Balaban J connectivity index is 1.45. The highest BCUT2D eigenvalue weighted by molar-refractivity contribution is 6.24. The van der Waals surface area contributed by atoms with Crippen molar-refractivity contribution >= 4 is 23.4 Å². The number of fused-ring (bicyclic) bond motifs is 2. The Labute approximate surface area is 149 Å². The molecule has 0 spiro atoms. The molecule has 26 heavy (non-hydrogen) atoms. The third kappa shape index (κ3) is 2.43. The number of nitrogens with zero attached hydrogens (tertiary/aromatic N) is 1. The summed E-state index contributed by atoms with van der Waals surface area (Å²) in [5.74, 6) is -1.22. The lowest BCUT2D eigenvalue weighted by Gasteiger charge is -2.18. The van der Waals surface area contributed by atoms with E-state index in [4.69, 9.17) is 0 Å². The fourth-order valence-corrected chi connectivity index (χ4v) is 3.19. The van der Waals surface area contributed by atoms with Gasteiger partial charge in [-0.25, -0.2) is 0 Å². The zero-order chi connectivity index (χ0) is 18.3. The molecule has 6 heteroatoms. The van der Waals surface area contributed by atoms with Crippen molar-refractivity contribution in [3.63, 3.8) is 0 Å². The molecular weight excluding hydrogens is 332 g/mol. The van der Waals surface area contributed by atoms with Crippen molar-refractivity contribution in [2.75, 3.05) is 13.1 Å². The van der Waals surface area contributed by atoms with Crippen LogP contribution in [0.5, 0.6) is 0 Å². The minimum Gasteiger partial charge on any atom is -0.380 e. The lowest BCUT2D eigenvalue weighted by molar-refractivity contribution is 0.0656. The lowest BCUT2D eigenvalue weighted by atomic mass is 9.93. The summed E-state index contributed by atoms with van der Waals surface area (Å²) in [6, 6.07) is 13.3. The van der Waals surface area contributed by atoms with Gasteiger partial charge in [-0.15, -0.1) is 0 Å². The minimum absolute atomic E-state index is 0.104. The van der Waals surface area contributed by atoms with E-state index in [0.29, 0.717) is 22.3 Å². The van der Waals surface area contributed by atoms with Crippen LogP contribution in [-0.2, 0) is 0 Å². The molecule has 1 heterocycles. The van der Waals surface area contributed by atoms with Crippen LogP contribution in [0.15, 0.2) is 60.3 Å². The highest BCUT2D eigenvalue weighted by atomic mass is 16.2. The van der Waals surface area contributed by atoms with Crippen molar-refractivity contribution in [1.82, 2.24) is 10.2 Å². The van der Waals surface area contributed by atoms with Gasteiger partial charge in [-0.05, 0) is 12.1 Å². The fraction of sp³-hybridized carbons (Fsp3) is 0.100. The predicted octanol–water partition coefficient (Wildman–Crippen LogP) is 1.84. The first-order valence-electron chi connectivity index (χ1n) is 8.17. The SMILES string of the molecule is O=C1C=C(NCCN2C(=O)c3ccccc3C2=O)C(=O)c2ccccc21. The van der Waals surface area contributed by atoms with E-state index in [1.165, 1.54) is 6.08 Å². The Morgan fingerprint density at radius 1 is 0.731 bits per heavy atom. The zero-order valence-corrected chi connectivity index (χ0v) is 13.7. The number of rotatable bonds is 4.